The first-order valence-electron chi connectivity index (χ1n) is 5.16. The lowest BCUT2D eigenvalue weighted by Gasteiger charge is -2.12. The van der Waals surface area contributed by atoms with Crippen LogP contribution in [0.5, 0.6) is 0 Å². The van der Waals surface area contributed by atoms with E-state index in [9.17, 15) is 14.4 Å². The minimum atomic E-state index is -1.11. The molecule has 146 valence electrons. The van der Waals surface area contributed by atoms with Gasteiger partial charge in [0.2, 0.25) is 0 Å². The van der Waals surface area contributed by atoms with E-state index in [1.54, 1.807) is 0 Å². The summed E-state index contributed by atoms with van der Waals surface area (Å²) in [4.78, 5) is 32.4. The predicted molar refractivity (Wildman–Crippen MR) is 95.5 cm³/mol. The van der Waals surface area contributed by atoms with Gasteiger partial charge in [-0.3, -0.25) is 9.59 Å². The lowest BCUT2D eigenvalue weighted by atomic mass is 10.3. The highest BCUT2D eigenvalue weighted by Crippen LogP contribution is 2.00. The Hall–Kier alpha value is -1.63. The van der Waals surface area contributed by atoms with Crippen LogP contribution >= 0.6 is 0 Å². The van der Waals surface area contributed by atoms with Gasteiger partial charge in [-0.05, 0) is 6.92 Å². The van der Waals surface area contributed by atoms with Crippen LogP contribution in [0.3, 0.4) is 0 Å². The standard InChI is InChI=1S/C10H16O7.6CH4/c1-7(10(15)16-6-2-5-11)17-9(14)4-3-8(12)13;;;;;;/h7,11H,2-6H2,1H3,(H,12,13);6*1H4. The van der Waals surface area contributed by atoms with E-state index in [2.05, 4.69) is 9.47 Å². The summed E-state index contributed by atoms with van der Waals surface area (Å²) in [6, 6.07) is 0. The van der Waals surface area contributed by atoms with Crippen molar-refractivity contribution in [3.63, 3.8) is 0 Å². The van der Waals surface area contributed by atoms with E-state index in [1.165, 1.54) is 6.92 Å². The number of ether oxygens (including phenoxy) is 2. The molecule has 0 fully saturated rings. The van der Waals surface area contributed by atoms with Gasteiger partial charge < -0.3 is 19.7 Å². The van der Waals surface area contributed by atoms with Crippen molar-refractivity contribution in [2.45, 2.75) is 76.9 Å². The number of aliphatic hydroxyl groups excluding tert-OH is 1. The summed E-state index contributed by atoms with van der Waals surface area (Å²) >= 11 is 0. The molecule has 1 atom stereocenters. The van der Waals surface area contributed by atoms with Crippen LogP contribution in [0.1, 0.15) is 70.7 Å². The maximum atomic E-state index is 11.2. The van der Waals surface area contributed by atoms with E-state index in [1.807, 2.05) is 0 Å². The minimum absolute atomic E-state index is 0. The van der Waals surface area contributed by atoms with Crippen LogP contribution < -0.4 is 0 Å². The minimum Gasteiger partial charge on any atom is -0.481 e. The summed E-state index contributed by atoms with van der Waals surface area (Å²) in [6.45, 7) is 1.28. The Kier molecular flexibility index (Phi) is 47.3. The zero-order valence-corrected chi connectivity index (χ0v) is 9.55. The third-order valence-electron chi connectivity index (χ3n) is 1.73. The maximum Gasteiger partial charge on any atom is 0.347 e. The van der Waals surface area contributed by atoms with Gasteiger partial charge >= 0.3 is 17.9 Å². The van der Waals surface area contributed by atoms with Crippen LogP contribution in [0.25, 0.3) is 0 Å². The Morgan fingerprint density at radius 2 is 1.43 bits per heavy atom. The molecule has 0 spiro atoms. The van der Waals surface area contributed by atoms with Crippen molar-refractivity contribution in [3.05, 3.63) is 0 Å². The van der Waals surface area contributed by atoms with Crippen molar-refractivity contribution in [1.82, 2.24) is 0 Å². The van der Waals surface area contributed by atoms with Crippen molar-refractivity contribution in [2.24, 2.45) is 0 Å². The molecule has 0 bridgehead atoms. The topological polar surface area (TPSA) is 110 Å². The van der Waals surface area contributed by atoms with Gasteiger partial charge in [0.05, 0.1) is 19.4 Å². The molecule has 0 aromatic heterocycles. The molecule has 0 radical (unpaired) electrons. The zero-order chi connectivity index (χ0) is 13.3. The molecule has 0 rings (SSSR count). The highest BCUT2D eigenvalue weighted by Gasteiger charge is 2.19. The third-order valence-corrected chi connectivity index (χ3v) is 1.73. The van der Waals surface area contributed by atoms with Gasteiger partial charge in [-0.1, -0.05) is 44.6 Å². The maximum absolute atomic E-state index is 11.2. The molecule has 2 N–H and O–H groups in total. The summed E-state index contributed by atoms with van der Waals surface area (Å²) in [6.07, 6.45) is -1.39. The molecule has 0 aromatic rings. The number of rotatable bonds is 8. The Morgan fingerprint density at radius 3 is 1.83 bits per heavy atom. The van der Waals surface area contributed by atoms with E-state index in [4.69, 9.17) is 10.2 Å². The van der Waals surface area contributed by atoms with Crippen molar-refractivity contribution in [1.29, 1.82) is 0 Å². The summed E-state index contributed by atoms with van der Waals surface area (Å²) in [5, 5.41) is 16.8. The first-order chi connectivity index (χ1) is 7.97. The Bertz CT molecular complexity index is 278. The average Bonchev–Trinajstić information content (AvgIpc) is 2.26. The van der Waals surface area contributed by atoms with E-state index in [0.717, 1.165) is 0 Å². The second-order valence-corrected chi connectivity index (χ2v) is 3.27. The van der Waals surface area contributed by atoms with Crippen LogP contribution in [-0.2, 0) is 23.9 Å². The first-order valence-corrected chi connectivity index (χ1v) is 5.16. The van der Waals surface area contributed by atoms with Gasteiger partial charge in [0, 0.05) is 13.0 Å². The number of carboxylic acids is 1. The highest BCUT2D eigenvalue weighted by molar-refractivity contribution is 5.81. The van der Waals surface area contributed by atoms with Gasteiger partial charge in [0.15, 0.2) is 6.10 Å². The smallest absolute Gasteiger partial charge is 0.347 e. The lowest BCUT2D eigenvalue weighted by Crippen LogP contribution is -2.27. The molecule has 0 aromatic carbocycles. The van der Waals surface area contributed by atoms with Gasteiger partial charge in [-0.2, -0.15) is 0 Å². The zero-order valence-electron chi connectivity index (χ0n) is 9.55. The summed E-state index contributed by atoms with van der Waals surface area (Å²) < 4.78 is 9.33. The Balaban J connectivity index is -0.0000000853. The molecular formula is C16H40O7. The SMILES string of the molecule is C.C.C.C.C.C.CC(OC(=O)CCC(=O)O)C(=O)OCCCO. The number of hydrogen-bond acceptors (Lipinski definition) is 6. The third kappa shape index (κ3) is 25.7. The molecule has 0 amide bonds. The van der Waals surface area contributed by atoms with Crippen molar-refractivity contribution in [2.75, 3.05) is 13.2 Å². The molecule has 7 heteroatoms. The fourth-order valence-corrected chi connectivity index (χ4v) is 0.868. The van der Waals surface area contributed by atoms with Crippen molar-refractivity contribution < 1.29 is 34.1 Å². The van der Waals surface area contributed by atoms with E-state index in [-0.39, 0.29) is 70.6 Å². The van der Waals surface area contributed by atoms with Gasteiger partial charge in [0.25, 0.3) is 0 Å². The normalized spacial score (nSPS) is 8.61. The van der Waals surface area contributed by atoms with Gasteiger partial charge in [-0.15, -0.1) is 0 Å². The monoisotopic (exact) mass is 344 g/mol. The number of aliphatic carboxylic acids is 1. The fourth-order valence-electron chi connectivity index (χ4n) is 0.868. The molecule has 0 saturated carbocycles. The van der Waals surface area contributed by atoms with Crippen molar-refractivity contribution in [3.8, 4) is 0 Å². The summed E-state index contributed by atoms with van der Waals surface area (Å²) in [5.74, 6) is -2.60. The summed E-state index contributed by atoms with van der Waals surface area (Å²) in [5.41, 5.74) is 0. The molecule has 0 aliphatic rings. The molecule has 23 heavy (non-hydrogen) atoms. The Morgan fingerprint density at radius 1 is 0.957 bits per heavy atom. The number of carbonyl (C=O) groups is 3. The average molecular weight is 344 g/mol. The molecular weight excluding hydrogens is 304 g/mol. The lowest BCUT2D eigenvalue weighted by molar-refractivity contribution is -0.167. The highest BCUT2D eigenvalue weighted by atomic mass is 16.6. The molecule has 0 aliphatic heterocycles. The fraction of sp³-hybridized carbons (Fsp3) is 0.812. The Labute approximate surface area is 143 Å². The van der Waals surface area contributed by atoms with Crippen LogP contribution in [0.4, 0.5) is 0 Å². The van der Waals surface area contributed by atoms with Crippen LogP contribution in [0.15, 0.2) is 0 Å². The van der Waals surface area contributed by atoms with Gasteiger partial charge in [0.1, 0.15) is 0 Å². The molecule has 0 aliphatic carbocycles. The molecule has 1 unspecified atom stereocenters. The largest absolute Gasteiger partial charge is 0.481 e. The number of hydrogen-bond donors (Lipinski definition) is 2. The van der Waals surface area contributed by atoms with Crippen LogP contribution in [0.2, 0.25) is 0 Å². The van der Waals surface area contributed by atoms with E-state index >= 15 is 0 Å². The van der Waals surface area contributed by atoms with Crippen LogP contribution in [-0.4, -0.2) is 47.4 Å². The van der Waals surface area contributed by atoms with E-state index in [0.29, 0.717) is 6.42 Å². The number of carboxylic acid groups (broad SMARTS) is 1. The second-order valence-electron chi connectivity index (χ2n) is 3.27. The number of carbonyl (C=O) groups excluding carboxylic acids is 2. The predicted octanol–water partition coefficient (Wildman–Crippen LogP) is 3.53. The van der Waals surface area contributed by atoms with Crippen LogP contribution in [0, 0.1) is 0 Å². The number of aliphatic hydroxyl groups is 1. The second kappa shape index (κ2) is 25.3. The molecule has 0 heterocycles. The van der Waals surface area contributed by atoms with Crippen molar-refractivity contribution >= 4 is 17.9 Å². The first kappa shape index (κ1) is 42.9. The molecule has 0 saturated heterocycles. The summed E-state index contributed by atoms with van der Waals surface area (Å²) in [7, 11) is 0. The van der Waals surface area contributed by atoms with E-state index < -0.39 is 24.0 Å². The number of esters is 2. The quantitative estimate of drug-likeness (QED) is 0.512. The van der Waals surface area contributed by atoms with Gasteiger partial charge in [-0.25, -0.2) is 4.79 Å². The molecule has 7 nitrogen and oxygen atoms in total.